The average Bonchev–Trinajstić information content (AvgIpc) is 3.17. The molecule has 2 bridgehead atoms. The van der Waals surface area contributed by atoms with Gasteiger partial charge in [-0.05, 0) is 43.4 Å². The average molecular weight is 419 g/mol. The van der Waals surface area contributed by atoms with Gasteiger partial charge in [-0.25, -0.2) is 0 Å². The van der Waals surface area contributed by atoms with Crippen LogP contribution in [0.25, 0.3) is 0 Å². The fourth-order valence-electron chi connectivity index (χ4n) is 6.59. The second-order valence-electron chi connectivity index (χ2n) is 9.63. The lowest BCUT2D eigenvalue weighted by atomic mass is 9.69. The Kier molecular flexibility index (Phi) is 5.31. The number of fused-ring (bicyclic) bond motifs is 4. The highest BCUT2D eigenvalue weighted by Gasteiger charge is 2.50. The number of amides is 2. The molecule has 0 spiro atoms. The summed E-state index contributed by atoms with van der Waals surface area (Å²) in [6, 6.07) is 0.592. The number of nitrogens with zero attached hydrogens (tertiary/aromatic N) is 3. The zero-order chi connectivity index (χ0) is 20.0. The van der Waals surface area contributed by atoms with E-state index >= 15 is 0 Å². The maximum atomic E-state index is 13.1. The Labute approximate surface area is 177 Å². The van der Waals surface area contributed by atoms with Crippen molar-refractivity contribution in [1.29, 1.82) is 0 Å². The SMILES string of the molecule is O=C(c1[nH]ncc1Cl)N1C[C@H]2C[C@@H](C1)[C@H](CC1CCCCC1)N1C(=O)CCC[C@@H]21. The summed E-state index contributed by atoms with van der Waals surface area (Å²) in [5, 5.41) is 7.08. The number of piperidine rings is 3. The van der Waals surface area contributed by atoms with Gasteiger partial charge in [0.15, 0.2) is 0 Å². The number of carbonyl (C=O) groups excluding carboxylic acids is 2. The Bertz CT molecular complexity index is 775. The van der Waals surface area contributed by atoms with Gasteiger partial charge in [0.1, 0.15) is 5.69 Å². The van der Waals surface area contributed by atoms with Gasteiger partial charge >= 0.3 is 0 Å². The molecular weight excluding hydrogens is 388 g/mol. The van der Waals surface area contributed by atoms with Crippen LogP contribution in [0.3, 0.4) is 0 Å². The van der Waals surface area contributed by atoms with Gasteiger partial charge in [-0.2, -0.15) is 5.10 Å². The smallest absolute Gasteiger partial charge is 0.273 e. The van der Waals surface area contributed by atoms with Gasteiger partial charge in [0, 0.05) is 31.6 Å². The van der Waals surface area contributed by atoms with Crippen molar-refractivity contribution in [3.63, 3.8) is 0 Å². The van der Waals surface area contributed by atoms with Crippen molar-refractivity contribution in [2.75, 3.05) is 13.1 Å². The first-order chi connectivity index (χ1) is 14.1. The highest BCUT2D eigenvalue weighted by atomic mass is 35.5. The van der Waals surface area contributed by atoms with E-state index in [0.717, 1.165) is 44.7 Å². The number of nitrogens with one attached hydrogen (secondary N) is 1. The molecule has 2 amide bonds. The fraction of sp³-hybridized carbons (Fsp3) is 0.773. The summed E-state index contributed by atoms with van der Waals surface area (Å²) < 4.78 is 0. The van der Waals surface area contributed by atoms with E-state index in [9.17, 15) is 9.59 Å². The van der Waals surface area contributed by atoms with Crippen LogP contribution in [0.4, 0.5) is 0 Å². The summed E-state index contributed by atoms with van der Waals surface area (Å²) >= 11 is 6.17. The summed E-state index contributed by atoms with van der Waals surface area (Å²) in [5.74, 6) is 1.79. The molecule has 5 rings (SSSR count). The van der Waals surface area contributed by atoms with Gasteiger partial charge in [0.2, 0.25) is 5.91 Å². The van der Waals surface area contributed by atoms with Crippen molar-refractivity contribution in [1.82, 2.24) is 20.0 Å². The van der Waals surface area contributed by atoms with E-state index in [1.54, 1.807) is 0 Å². The Balaban J connectivity index is 1.40. The van der Waals surface area contributed by atoms with E-state index in [1.165, 1.54) is 38.3 Å². The van der Waals surface area contributed by atoms with Gasteiger partial charge in [0.05, 0.1) is 11.2 Å². The largest absolute Gasteiger partial charge is 0.337 e. The highest BCUT2D eigenvalue weighted by Crippen LogP contribution is 2.45. The van der Waals surface area contributed by atoms with Crippen molar-refractivity contribution >= 4 is 23.4 Å². The molecule has 3 aliphatic heterocycles. The van der Waals surface area contributed by atoms with Crippen LogP contribution in [0.2, 0.25) is 5.02 Å². The normalized spacial score (nSPS) is 32.9. The van der Waals surface area contributed by atoms with Crippen LogP contribution in [-0.2, 0) is 4.79 Å². The quantitative estimate of drug-likeness (QED) is 0.809. The highest BCUT2D eigenvalue weighted by molar-refractivity contribution is 6.33. The van der Waals surface area contributed by atoms with Crippen LogP contribution in [-0.4, -0.2) is 57.0 Å². The second-order valence-corrected chi connectivity index (χ2v) is 10.0. The van der Waals surface area contributed by atoms with E-state index in [0.29, 0.717) is 47.0 Å². The van der Waals surface area contributed by atoms with Gasteiger partial charge in [-0.3, -0.25) is 14.7 Å². The zero-order valence-corrected chi connectivity index (χ0v) is 17.7. The van der Waals surface area contributed by atoms with Crippen LogP contribution in [0.5, 0.6) is 0 Å². The molecule has 29 heavy (non-hydrogen) atoms. The van der Waals surface area contributed by atoms with Crippen molar-refractivity contribution in [3.05, 3.63) is 16.9 Å². The number of aromatic amines is 1. The lowest BCUT2D eigenvalue weighted by Crippen LogP contribution is -2.65. The molecule has 0 radical (unpaired) electrons. The van der Waals surface area contributed by atoms with Crippen molar-refractivity contribution in [2.45, 2.75) is 76.3 Å². The Hall–Kier alpha value is -1.56. The lowest BCUT2D eigenvalue weighted by Gasteiger charge is -2.57. The summed E-state index contributed by atoms with van der Waals surface area (Å²) in [6.45, 7) is 1.44. The first-order valence-electron chi connectivity index (χ1n) is 11.4. The Morgan fingerprint density at radius 2 is 1.93 bits per heavy atom. The Morgan fingerprint density at radius 1 is 1.14 bits per heavy atom. The molecule has 1 aromatic heterocycles. The summed E-state index contributed by atoms with van der Waals surface area (Å²) in [5.41, 5.74) is 0.395. The predicted molar refractivity (Wildman–Crippen MR) is 111 cm³/mol. The number of rotatable bonds is 3. The molecule has 4 atom stereocenters. The van der Waals surface area contributed by atoms with Crippen LogP contribution >= 0.6 is 11.6 Å². The lowest BCUT2D eigenvalue weighted by molar-refractivity contribution is -0.153. The van der Waals surface area contributed by atoms with Crippen LogP contribution in [0, 0.1) is 17.8 Å². The number of halogens is 1. The summed E-state index contributed by atoms with van der Waals surface area (Å²) in [6.07, 6.45) is 13.1. The first-order valence-corrected chi connectivity index (χ1v) is 11.8. The number of aromatic nitrogens is 2. The molecule has 1 aromatic rings. The minimum atomic E-state index is -0.0470. The molecule has 7 heteroatoms. The maximum absolute atomic E-state index is 13.1. The van der Waals surface area contributed by atoms with E-state index in [1.807, 2.05) is 4.90 Å². The number of hydrogen-bond donors (Lipinski definition) is 1. The van der Waals surface area contributed by atoms with Crippen LogP contribution in [0.1, 0.15) is 74.7 Å². The van der Waals surface area contributed by atoms with E-state index in [2.05, 4.69) is 15.1 Å². The summed E-state index contributed by atoms with van der Waals surface area (Å²) in [7, 11) is 0. The van der Waals surface area contributed by atoms with Crippen LogP contribution in [0.15, 0.2) is 6.20 Å². The molecule has 0 unspecified atom stereocenters. The molecule has 158 valence electrons. The third kappa shape index (κ3) is 3.58. The minimum Gasteiger partial charge on any atom is -0.337 e. The third-order valence-electron chi connectivity index (χ3n) is 7.89. The van der Waals surface area contributed by atoms with Gasteiger partial charge in [-0.15, -0.1) is 0 Å². The van der Waals surface area contributed by atoms with Crippen molar-refractivity contribution in [2.24, 2.45) is 17.8 Å². The number of hydrogen-bond acceptors (Lipinski definition) is 3. The molecule has 1 saturated carbocycles. The second kappa shape index (κ2) is 7.93. The zero-order valence-electron chi connectivity index (χ0n) is 17.0. The molecule has 6 nitrogen and oxygen atoms in total. The topological polar surface area (TPSA) is 69.3 Å². The van der Waals surface area contributed by atoms with Crippen molar-refractivity contribution < 1.29 is 9.59 Å². The molecule has 0 aromatic carbocycles. The molecule has 1 N–H and O–H groups in total. The fourth-order valence-corrected chi connectivity index (χ4v) is 6.76. The minimum absolute atomic E-state index is 0.0470. The van der Waals surface area contributed by atoms with Crippen molar-refractivity contribution in [3.8, 4) is 0 Å². The van der Waals surface area contributed by atoms with E-state index in [-0.39, 0.29) is 5.91 Å². The third-order valence-corrected chi connectivity index (χ3v) is 8.18. The van der Waals surface area contributed by atoms with Crippen LogP contribution < -0.4 is 0 Å². The Morgan fingerprint density at radius 3 is 2.69 bits per heavy atom. The number of H-pyrrole nitrogens is 1. The molecule has 4 aliphatic rings. The standard InChI is InChI=1S/C22H31ClN4O2/c23-17-11-24-25-21(17)22(29)26-12-15-10-16(13-26)19(9-14-5-2-1-3-6-14)27-18(15)7-4-8-20(27)28/h11,14-16,18-19H,1-10,12-13H2,(H,24,25)/t15-,16+,18+,19+/m1/s1. The molecule has 1 aliphatic carbocycles. The predicted octanol–water partition coefficient (Wildman–Crippen LogP) is 3.88. The monoisotopic (exact) mass is 418 g/mol. The van der Waals surface area contributed by atoms with Gasteiger partial charge in [-0.1, -0.05) is 43.7 Å². The number of carbonyl (C=O) groups is 2. The van der Waals surface area contributed by atoms with E-state index < -0.39 is 0 Å². The first kappa shape index (κ1) is 19.4. The molecule has 4 heterocycles. The molecule has 3 saturated heterocycles. The molecule has 4 fully saturated rings. The number of likely N-dealkylation sites (tertiary alicyclic amines) is 1. The molecular formula is C22H31ClN4O2. The van der Waals surface area contributed by atoms with E-state index in [4.69, 9.17) is 11.6 Å². The maximum Gasteiger partial charge on any atom is 0.273 e. The van der Waals surface area contributed by atoms with Gasteiger partial charge < -0.3 is 9.80 Å². The summed E-state index contributed by atoms with van der Waals surface area (Å²) in [4.78, 5) is 30.4. The van der Waals surface area contributed by atoms with Gasteiger partial charge in [0.25, 0.3) is 5.91 Å².